The zero-order valence-corrected chi connectivity index (χ0v) is 23.8. The van der Waals surface area contributed by atoms with Crippen LogP contribution in [0, 0.1) is 19.8 Å². The van der Waals surface area contributed by atoms with E-state index in [-0.39, 0.29) is 36.7 Å². The van der Waals surface area contributed by atoms with E-state index in [1.165, 1.54) is 0 Å². The van der Waals surface area contributed by atoms with E-state index < -0.39 is 5.97 Å². The molecule has 41 heavy (non-hydrogen) atoms. The molecular weight excluding hydrogens is 518 g/mol. The van der Waals surface area contributed by atoms with Crippen LogP contribution in [0.25, 0.3) is 11.1 Å². The number of fused-ring (bicyclic) bond motifs is 1. The first-order chi connectivity index (χ1) is 19.7. The number of carboxylic acids is 1. The first kappa shape index (κ1) is 28.0. The predicted octanol–water partition coefficient (Wildman–Crippen LogP) is 6.69. The Hall–Kier alpha value is -4.59. The molecule has 3 aromatic carbocycles. The third-order valence-corrected chi connectivity index (χ3v) is 7.96. The first-order valence-electron chi connectivity index (χ1n) is 13.8. The van der Waals surface area contributed by atoms with Gasteiger partial charge in [-0.3, -0.25) is 9.58 Å². The van der Waals surface area contributed by atoms with Gasteiger partial charge in [0, 0.05) is 18.3 Å². The fourth-order valence-corrected chi connectivity index (χ4v) is 5.34. The highest BCUT2D eigenvalue weighted by Crippen LogP contribution is 2.44. The van der Waals surface area contributed by atoms with Crippen molar-refractivity contribution in [2.45, 2.75) is 40.2 Å². The second-order valence-electron chi connectivity index (χ2n) is 10.7. The van der Waals surface area contributed by atoms with Gasteiger partial charge in [-0.2, -0.15) is 5.10 Å². The van der Waals surface area contributed by atoms with Crippen LogP contribution in [0.5, 0.6) is 5.75 Å². The molecule has 2 heterocycles. The molecule has 212 valence electrons. The lowest BCUT2D eigenvalue weighted by Crippen LogP contribution is -2.41. The number of aromatic nitrogens is 2. The topological polar surface area (TPSA) is 93.9 Å². The van der Waals surface area contributed by atoms with Crippen LogP contribution in [0.3, 0.4) is 0 Å². The highest BCUT2D eigenvalue weighted by Gasteiger charge is 2.34. The summed E-state index contributed by atoms with van der Waals surface area (Å²) in [4.78, 5) is 26.3. The van der Waals surface area contributed by atoms with Gasteiger partial charge in [-0.15, -0.1) is 0 Å². The van der Waals surface area contributed by atoms with Crippen LogP contribution in [0.4, 0.5) is 10.5 Å². The smallest absolute Gasteiger partial charge is 0.414 e. The molecule has 8 nitrogen and oxygen atoms in total. The number of amides is 1. The van der Waals surface area contributed by atoms with E-state index in [0.717, 1.165) is 44.8 Å². The minimum atomic E-state index is -0.955. The Morgan fingerprint density at radius 1 is 1.02 bits per heavy atom. The molecule has 5 rings (SSSR count). The van der Waals surface area contributed by atoms with Crippen molar-refractivity contribution in [3.8, 4) is 16.9 Å². The number of benzene rings is 3. The molecule has 1 aliphatic rings. The third kappa shape index (κ3) is 5.96. The summed E-state index contributed by atoms with van der Waals surface area (Å²) in [6.45, 7) is 9.83. The van der Waals surface area contributed by atoms with Gasteiger partial charge in [-0.05, 0) is 77.8 Å². The summed E-state index contributed by atoms with van der Waals surface area (Å²) in [7, 11) is 0. The number of aryl methyl sites for hydroxylation is 1. The predicted molar refractivity (Wildman–Crippen MR) is 158 cm³/mol. The normalized spacial score (nSPS) is 16.2. The van der Waals surface area contributed by atoms with E-state index in [9.17, 15) is 14.7 Å². The lowest BCUT2D eigenvalue weighted by Gasteiger charge is -2.37. The van der Waals surface area contributed by atoms with E-state index in [2.05, 4.69) is 25.0 Å². The highest BCUT2D eigenvalue weighted by molar-refractivity contribution is 5.92. The van der Waals surface area contributed by atoms with Crippen LogP contribution in [0.1, 0.15) is 52.4 Å². The number of rotatable bonds is 8. The molecule has 0 fully saturated rings. The maximum Gasteiger partial charge on any atom is 0.414 e. The second-order valence-corrected chi connectivity index (χ2v) is 10.7. The zero-order chi connectivity index (χ0) is 29.1. The minimum absolute atomic E-state index is 0.150. The van der Waals surface area contributed by atoms with Crippen molar-refractivity contribution in [2.75, 3.05) is 24.7 Å². The molecule has 8 heteroatoms. The molecule has 0 aliphatic carbocycles. The number of carbonyl (C=O) groups excluding carboxylic acids is 1. The van der Waals surface area contributed by atoms with Crippen LogP contribution < -0.4 is 9.64 Å². The van der Waals surface area contributed by atoms with Gasteiger partial charge < -0.3 is 14.6 Å². The van der Waals surface area contributed by atoms with Crippen molar-refractivity contribution >= 4 is 17.7 Å². The number of hydrogen-bond acceptors (Lipinski definition) is 5. The SMILES string of the molecule is Cc1cccc(OCCOC(=O)N2C[C@H](C)C(C)c3c(-c4cnn(Cc5cccc(C(=O)O)c5)c4)cccc32)c1C. The Labute approximate surface area is 240 Å². The monoisotopic (exact) mass is 553 g/mol. The number of hydrogen-bond donors (Lipinski definition) is 1. The summed E-state index contributed by atoms with van der Waals surface area (Å²) in [5, 5.41) is 13.9. The molecular formula is C33H35N3O5. The molecule has 1 aromatic heterocycles. The molecule has 0 radical (unpaired) electrons. The van der Waals surface area contributed by atoms with Crippen LogP contribution in [0.2, 0.25) is 0 Å². The number of ether oxygens (including phenoxy) is 2. The largest absolute Gasteiger partial charge is 0.490 e. The van der Waals surface area contributed by atoms with Gasteiger partial charge in [0.05, 0.1) is 24.0 Å². The number of aromatic carboxylic acids is 1. The van der Waals surface area contributed by atoms with Gasteiger partial charge in [0.1, 0.15) is 19.0 Å². The molecule has 2 atom stereocenters. The summed E-state index contributed by atoms with van der Waals surface area (Å²) < 4.78 is 13.3. The van der Waals surface area contributed by atoms with Crippen LogP contribution in [-0.2, 0) is 11.3 Å². The van der Waals surface area contributed by atoms with Crippen LogP contribution in [0.15, 0.2) is 73.1 Å². The van der Waals surface area contributed by atoms with Gasteiger partial charge in [0.15, 0.2) is 0 Å². The molecule has 0 saturated carbocycles. The maximum atomic E-state index is 13.3. The molecule has 0 spiro atoms. The molecule has 1 aliphatic heterocycles. The van der Waals surface area contributed by atoms with Gasteiger partial charge in [-0.1, -0.05) is 50.2 Å². The van der Waals surface area contributed by atoms with Gasteiger partial charge >= 0.3 is 12.1 Å². The van der Waals surface area contributed by atoms with E-state index >= 15 is 0 Å². The standard InChI is InChI=1S/C33H35N3O5/c1-21-8-5-13-30(23(21)3)40-14-15-41-33(39)36-18-22(2)24(4)31-28(11-7-12-29(31)36)27-17-34-35(20-27)19-25-9-6-10-26(16-25)32(37)38/h5-13,16-17,20,22,24H,14-15,18-19H2,1-4H3,(H,37,38)/t22-,24?/m0/s1. The van der Waals surface area contributed by atoms with E-state index in [0.29, 0.717) is 13.1 Å². The molecule has 1 amide bonds. The lowest BCUT2D eigenvalue weighted by atomic mass is 9.80. The van der Waals surface area contributed by atoms with Crippen LogP contribution in [-0.4, -0.2) is 46.7 Å². The lowest BCUT2D eigenvalue weighted by molar-refractivity contribution is 0.0696. The van der Waals surface area contributed by atoms with Gasteiger partial charge in [0.25, 0.3) is 0 Å². The number of nitrogens with zero attached hydrogens (tertiary/aromatic N) is 3. The fraction of sp³-hybridized carbons (Fsp3) is 0.303. The van der Waals surface area contributed by atoms with Crippen LogP contribution >= 0.6 is 0 Å². The highest BCUT2D eigenvalue weighted by atomic mass is 16.6. The van der Waals surface area contributed by atoms with Gasteiger partial charge in [0.2, 0.25) is 0 Å². The molecule has 1 N–H and O–H groups in total. The molecule has 0 bridgehead atoms. The van der Waals surface area contributed by atoms with Crippen molar-refractivity contribution in [3.05, 3.63) is 101 Å². The summed E-state index contributed by atoms with van der Waals surface area (Å²) in [6, 6.07) is 18.8. The van der Waals surface area contributed by atoms with E-state index in [1.54, 1.807) is 27.8 Å². The first-order valence-corrected chi connectivity index (χ1v) is 13.8. The molecule has 4 aromatic rings. The zero-order valence-electron chi connectivity index (χ0n) is 23.8. The number of carbonyl (C=O) groups is 2. The average Bonchev–Trinajstić information content (AvgIpc) is 3.43. The minimum Gasteiger partial charge on any atom is -0.490 e. The third-order valence-electron chi connectivity index (χ3n) is 7.96. The summed E-state index contributed by atoms with van der Waals surface area (Å²) in [5.41, 5.74) is 7.22. The van der Waals surface area contributed by atoms with Crippen molar-refractivity contribution in [1.82, 2.24) is 9.78 Å². The average molecular weight is 554 g/mol. The number of carboxylic acid groups (broad SMARTS) is 1. The van der Waals surface area contributed by atoms with E-state index in [4.69, 9.17) is 9.47 Å². The van der Waals surface area contributed by atoms with Crippen molar-refractivity contribution in [1.29, 1.82) is 0 Å². The van der Waals surface area contributed by atoms with Gasteiger partial charge in [-0.25, -0.2) is 9.59 Å². The Kier molecular flexibility index (Phi) is 8.10. The van der Waals surface area contributed by atoms with Crippen molar-refractivity contribution < 1.29 is 24.2 Å². The Bertz CT molecular complexity index is 1580. The quantitative estimate of drug-likeness (QED) is 0.244. The maximum absolute atomic E-state index is 13.3. The Morgan fingerprint density at radius 3 is 2.61 bits per heavy atom. The van der Waals surface area contributed by atoms with E-state index in [1.807, 2.05) is 62.6 Å². The summed E-state index contributed by atoms with van der Waals surface area (Å²) in [6.07, 6.45) is 3.39. The Balaban J connectivity index is 1.32. The van der Waals surface area contributed by atoms with Crippen molar-refractivity contribution in [3.63, 3.8) is 0 Å². The summed E-state index contributed by atoms with van der Waals surface area (Å²) in [5.74, 6) is 0.278. The summed E-state index contributed by atoms with van der Waals surface area (Å²) >= 11 is 0. The second kappa shape index (κ2) is 11.9. The van der Waals surface area contributed by atoms with Crippen molar-refractivity contribution in [2.24, 2.45) is 5.92 Å². The fourth-order valence-electron chi connectivity index (χ4n) is 5.34. The number of anilines is 1. The molecule has 1 unspecified atom stereocenters. The Morgan fingerprint density at radius 2 is 1.80 bits per heavy atom. The molecule has 0 saturated heterocycles.